The SMILES string of the molecule is C=CCc1cc(O)n(-c2ccc(C=CC(=O)OCCCCCCCCCC)cc2)c1O. The quantitative estimate of drug-likeness (QED) is 0.161. The van der Waals surface area contributed by atoms with E-state index in [-0.39, 0.29) is 17.7 Å². The van der Waals surface area contributed by atoms with E-state index in [9.17, 15) is 15.0 Å². The van der Waals surface area contributed by atoms with Crippen LogP contribution in [-0.2, 0) is 16.0 Å². The lowest BCUT2D eigenvalue weighted by Gasteiger charge is -2.07. The Morgan fingerprint density at radius 2 is 1.68 bits per heavy atom. The largest absolute Gasteiger partial charge is 0.494 e. The average Bonchev–Trinajstić information content (AvgIpc) is 3.04. The minimum absolute atomic E-state index is 0.00905. The summed E-state index contributed by atoms with van der Waals surface area (Å²) in [6.07, 6.45) is 14.9. The van der Waals surface area contributed by atoms with Gasteiger partial charge in [0.15, 0.2) is 5.88 Å². The predicted octanol–water partition coefficient (Wildman–Crippen LogP) is 6.31. The lowest BCUT2D eigenvalue weighted by atomic mass is 10.1. The maximum absolute atomic E-state index is 11.9. The third kappa shape index (κ3) is 8.00. The van der Waals surface area contributed by atoms with E-state index in [0.29, 0.717) is 24.3 Å². The lowest BCUT2D eigenvalue weighted by molar-refractivity contribution is -0.137. The normalized spacial score (nSPS) is 11.1. The van der Waals surface area contributed by atoms with Gasteiger partial charge >= 0.3 is 5.97 Å². The van der Waals surface area contributed by atoms with E-state index in [1.807, 2.05) is 12.1 Å². The Morgan fingerprint density at radius 3 is 2.32 bits per heavy atom. The van der Waals surface area contributed by atoms with Gasteiger partial charge in [-0.3, -0.25) is 4.57 Å². The summed E-state index contributed by atoms with van der Waals surface area (Å²) in [5.74, 6) is -0.394. The van der Waals surface area contributed by atoms with Gasteiger partial charge in [0.1, 0.15) is 0 Å². The first-order valence-electron chi connectivity index (χ1n) is 11.3. The third-order valence-electron chi connectivity index (χ3n) is 5.20. The monoisotopic (exact) mass is 425 g/mol. The topological polar surface area (TPSA) is 71.7 Å². The molecule has 5 nitrogen and oxygen atoms in total. The van der Waals surface area contributed by atoms with Gasteiger partial charge in [-0.15, -0.1) is 6.58 Å². The highest BCUT2D eigenvalue weighted by Crippen LogP contribution is 2.32. The number of unbranched alkanes of at least 4 members (excludes halogenated alkanes) is 7. The number of allylic oxidation sites excluding steroid dienone is 1. The standard InChI is InChI=1S/C26H35NO4/c1-3-5-6-7-8-9-10-11-19-31-25(29)18-15-21-13-16-23(17-14-21)27-24(28)20-22(12-4-2)26(27)30/h4,13-18,20,28,30H,2-3,5-12,19H2,1H3. The van der Waals surface area contributed by atoms with Gasteiger partial charge in [0.25, 0.3) is 0 Å². The molecule has 2 rings (SSSR count). The number of carbonyl (C=O) groups is 1. The molecule has 0 bridgehead atoms. The van der Waals surface area contributed by atoms with E-state index < -0.39 is 0 Å². The van der Waals surface area contributed by atoms with E-state index in [1.54, 1.807) is 24.3 Å². The van der Waals surface area contributed by atoms with Gasteiger partial charge in [0, 0.05) is 17.7 Å². The molecule has 0 radical (unpaired) electrons. The van der Waals surface area contributed by atoms with Crippen LogP contribution in [0.1, 0.15) is 69.4 Å². The van der Waals surface area contributed by atoms with E-state index in [2.05, 4.69) is 13.5 Å². The first-order valence-corrected chi connectivity index (χ1v) is 11.3. The van der Waals surface area contributed by atoms with Crippen LogP contribution in [0.3, 0.4) is 0 Å². The molecule has 2 N–H and O–H groups in total. The highest BCUT2D eigenvalue weighted by atomic mass is 16.5. The van der Waals surface area contributed by atoms with Crippen molar-refractivity contribution < 1.29 is 19.7 Å². The maximum Gasteiger partial charge on any atom is 0.330 e. The summed E-state index contributed by atoms with van der Waals surface area (Å²) in [6, 6.07) is 8.67. The summed E-state index contributed by atoms with van der Waals surface area (Å²) < 4.78 is 6.62. The second kappa shape index (κ2) is 13.4. The van der Waals surface area contributed by atoms with Crippen LogP contribution in [-0.4, -0.2) is 27.4 Å². The fourth-order valence-electron chi connectivity index (χ4n) is 3.45. The van der Waals surface area contributed by atoms with E-state index in [0.717, 1.165) is 18.4 Å². The van der Waals surface area contributed by atoms with Crippen molar-refractivity contribution in [2.45, 2.75) is 64.7 Å². The highest BCUT2D eigenvalue weighted by Gasteiger charge is 2.14. The summed E-state index contributed by atoms with van der Waals surface area (Å²) in [5.41, 5.74) is 2.06. The Kier molecular flexibility index (Phi) is 10.5. The van der Waals surface area contributed by atoms with Gasteiger partial charge in [-0.05, 0) is 36.6 Å². The Labute approximate surface area is 185 Å². The predicted molar refractivity (Wildman–Crippen MR) is 126 cm³/mol. The zero-order chi connectivity index (χ0) is 22.5. The zero-order valence-electron chi connectivity index (χ0n) is 18.6. The molecule has 0 unspecified atom stereocenters. The molecule has 0 aliphatic heterocycles. The van der Waals surface area contributed by atoms with E-state index >= 15 is 0 Å². The molecule has 0 aliphatic carbocycles. The lowest BCUT2D eigenvalue weighted by Crippen LogP contribution is -2.02. The minimum atomic E-state index is -0.346. The van der Waals surface area contributed by atoms with Crippen molar-refractivity contribution in [2.24, 2.45) is 0 Å². The van der Waals surface area contributed by atoms with Gasteiger partial charge in [0.2, 0.25) is 5.88 Å². The molecule has 2 aromatic rings. The Balaban J connectivity index is 1.76. The van der Waals surface area contributed by atoms with Gasteiger partial charge in [-0.2, -0.15) is 0 Å². The van der Waals surface area contributed by atoms with Crippen LogP contribution < -0.4 is 0 Å². The number of rotatable bonds is 14. The van der Waals surface area contributed by atoms with Crippen LogP contribution in [0.15, 0.2) is 49.1 Å². The number of nitrogens with zero attached hydrogens (tertiary/aromatic N) is 1. The number of aromatic nitrogens is 1. The smallest absolute Gasteiger partial charge is 0.330 e. The van der Waals surface area contributed by atoms with Crippen LogP contribution >= 0.6 is 0 Å². The number of aromatic hydroxyl groups is 2. The number of hydrogen-bond acceptors (Lipinski definition) is 4. The number of benzene rings is 1. The van der Waals surface area contributed by atoms with Crippen LogP contribution in [0.5, 0.6) is 11.8 Å². The van der Waals surface area contributed by atoms with E-state index in [4.69, 9.17) is 4.74 Å². The van der Waals surface area contributed by atoms with Crippen molar-refractivity contribution in [1.82, 2.24) is 4.57 Å². The van der Waals surface area contributed by atoms with Crippen molar-refractivity contribution in [2.75, 3.05) is 6.61 Å². The zero-order valence-corrected chi connectivity index (χ0v) is 18.6. The van der Waals surface area contributed by atoms with Crippen molar-refractivity contribution in [3.05, 3.63) is 60.2 Å². The van der Waals surface area contributed by atoms with Gasteiger partial charge in [-0.1, -0.05) is 70.1 Å². The van der Waals surface area contributed by atoms with Crippen molar-refractivity contribution in [3.63, 3.8) is 0 Å². The summed E-state index contributed by atoms with van der Waals surface area (Å²) in [5, 5.41) is 20.4. The fraction of sp³-hybridized carbons (Fsp3) is 0.423. The van der Waals surface area contributed by atoms with Crippen molar-refractivity contribution >= 4 is 12.0 Å². The van der Waals surface area contributed by atoms with Gasteiger partial charge in [-0.25, -0.2) is 4.79 Å². The molecular weight excluding hydrogens is 390 g/mol. The molecule has 0 amide bonds. The van der Waals surface area contributed by atoms with Crippen molar-refractivity contribution in [1.29, 1.82) is 0 Å². The van der Waals surface area contributed by atoms with Crippen LogP contribution in [0, 0.1) is 0 Å². The molecule has 5 heteroatoms. The highest BCUT2D eigenvalue weighted by molar-refractivity contribution is 5.87. The Bertz CT molecular complexity index is 849. The number of esters is 1. The maximum atomic E-state index is 11.9. The first-order chi connectivity index (χ1) is 15.1. The number of ether oxygens (including phenoxy) is 1. The summed E-state index contributed by atoms with van der Waals surface area (Å²) >= 11 is 0. The third-order valence-corrected chi connectivity index (χ3v) is 5.20. The van der Waals surface area contributed by atoms with E-state index in [1.165, 1.54) is 55.2 Å². The summed E-state index contributed by atoms with van der Waals surface area (Å²) in [6.45, 7) is 6.33. The molecule has 0 aliphatic rings. The Morgan fingerprint density at radius 1 is 1.03 bits per heavy atom. The molecule has 0 atom stereocenters. The first kappa shape index (κ1) is 24.3. The molecule has 0 fully saturated rings. The molecule has 1 heterocycles. The molecule has 0 saturated carbocycles. The van der Waals surface area contributed by atoms with Crippen molar-refractivity contribution in [3.8, 4) is 17.4 Å². The second-order valence-electron chi connectivity index (χ2n) is 7.75. The van der Waals surface area contributed by atoms with Crippen LogP contribution in [0.25, 0.3) is 11.8 Å². The average molecular weight is 426 g/mol. The van der Waals surface area contributed by atoms with Crippen LogP contribution in [0.2, 0.25) is 0 Å². The number of carbonyl (C=O) groups excluding carboxylic acids is 1. The molecule has 1 aromatic carbocycles. The molecular formula is C26H35NO4. The van der Waals surface area contributed by atoms with Gasteiger partial charge in [0.05, 0.1) is 12.3 Å². The fourth-order valence-corrected chi connectivity index (χ4v) is 3.45. The molecule has 0 spiro atoms. The van der Waals surface area contributed by atoms with Gasteiger partial charge < -0.3 is 14.9 Å². The summed E-state index contributed by atoms with van der Waals surface area (Å²) in [4.78, 5) is 11.9. The molecule has 168 valence electrons. The summed E-state index contributed by atoms with van der Waals surface area (Å²) in [7, 11) is 0. The number of hydrogen-bond donors (Lipinski definition) is 2. The minimum Gasteiger partial charge on any atom is -0.494 e. The molecule has 0 saturated heterocycles. The molecule has 1 aromatic heterocycles. The van der Waals surface area contributed by atoms with Crippen LogP contribution in [0.4, 0.5) is 0 Å². The molecule has 31 heavy (non-hydrogen) atoms. The second-order valence-corrected chi connectivity index (χ2v) is 7.75. The Hall–Kier alpha value is -2.95.